The van der Waals surface area contributed by atoms with Crippen LogP contribution in [0.25, 0.3) is 0 Å². The first kappa shape index (κ1) is 12.0. The number of rotatable bonds is 4. The second-order valence-corrected chi connectivity index (χ2v) is 5.65. The van der Waals surface area contributed by atoms with E-state index in [9.17, 15) is 0 Å². The fourth-order valence-electron chi connectivity index (χ4n) is 2.22. The van der Waals surface area contributed by atoms with Gasteiger partial charge in [-0.15, -0.1) is 0 Å². The molecule has 14 heavy (non-hydrogen) atoms. The van der Waals surface area contributed by atoms with E-state index in [1.165, 1.54) is 38.9 Å². The van der Waals surface area contributed by atoms with E-state index in [-0.39, 0.29) is 0 Å². The molecule has 0 aromatic carbocycles. The minimum absolute atomic E-state index is 0.489. The highest BCUT2D eigenvalue weighted by Crippen LogP contribution is 2.33. The maximum Gasteiger partial charge on any atom is 0.00151 e. The predicted molar refractivity (Wildman–Crippen MR) is 62.3 cm³/mol. The molecule has 0 radical (unpaired) electrons. The number of nitrogens with two attached hydrogens (primary N) is 1. The first-order valence-corrected chi connectivity index (χ1v) is 5.96. The molecule has 2 N–H and O–H groups in total. The van der Waals surface area contributed by atoms with Crippen LogP contribution in [0, 0.1) is 11.3 Å². The summed E-state index contributed by atoms with van der Waals surface area (Å²) in [4.78, 5) is 2.60. The van der Waals surface area contributed by atoms with Crippen molar-refractivity contribution in [3.8, 4) is 0 Å². The van der Waals surface area contributed by atoms with E-state index in [1.54, 1.807) is 0 Å². The minimum atomic E-state index is 0.489. The molecule has 0 saturated carbocycles. The van der Waals surface area contributed by atoms with Gasteiger partial charge in [0.1, 0.15) is 0 Å². The lowest BCUT2D eigenvalue weighted by Gasteiger charge is -2.27. The summed E-state index contributed by atoms with van der Waals surface area (Å²) < 4.78 is 0. The van der Waals surface area contributed by atoms with E-state index < -0.39 is 0 Å². The molecule has 0 aliphatic carbocycles. The van der Waals surface area contributed by atoms with Crippen LogP contribution in [-0.4, -0.2) is 31.1 Å². The molecule has 1 atom stereocenters. The summed E-state index contributed by atoms with van der Waals surface area (Å²) in [5.41, 5.74) is 5.98. The Bertz CT molecular complexity index is 160. The molecule has 2 nitrogen and oxygen atoms in total. The third-order valence-corrected chi connectivity index (χ3v) is 3.43. The predicted octanol–water partition coefficient (Wildman–Crippen LogP) is 2.09. The van der Waals surface area contributed by atoms with Gasteiger partial charge in [0.15, 0.2) is 0 Å². The van der Waals surface area contributed by atoms with Crippen LogP contribution in [0.5, 0.6) is 0 Å². The Labute approximate surface area is 88.8 Å². The number of hydrogen-bond acceptors (Lipinski definition) is 2. The molecule has 2 heteroatoms. The van der Waals surface area contributed by atoms with E-state index in [2.05, 4.69) is 25.7 Å². The maximum atomic E-state index is 5.49. The van der Waals surface area contributed by atoms with Crippen molar-refractivity contribution in [2.24, 2.45) is 17.1 Å². The van der Waals surface area contributed by atoms with Gasteiger partial charge in [-0.2, -0.15) is 0 Å². The Morgan fingerprint density at radius 2 is 2.00 bits per heavy atom. The van der Waals surface area contributed by atoms with Crippen LogP contribution < -0.4 is 5.73 Å². The molecule has 0 aromatic rings. The zero-order valence-electron chi connectivity index (χ0n) is 10.1. The normalized spacial score (nSPS) is 24.4. The lowest BCUT2D eigenvalue weighted by molar-refractivity contribution is 0.228. The van der Waals surface area contributed by atoms with Crippen LogP contribution in [0.2, 0.25) is 0 Å². The molecule has 0 aromatic heterocycles. The quantitative estimate of drug-likeness (QED) is 0.701. The minimum Gasteiger partial charge on any atom is -0.330 e. The molecular weight excluding hydrogens is 172 g/mol. The Balaban J connectivity index is 2.21. The summed E-state index contributed by atoms with van der Waals surface area (Å²) in [5, 5.41) is 0. The lowest BCUT2D eigenvalue weighted by Crippen LogP contribution is -2.27. The average molecular weight is 198 g/mol. The number of unbranched alkanes of at least 4 members (excludes halogenated alkanes) is 1. The summed E-state index contributed by atoms with van der Waals surface area (Å²) in [7, 11) is 0. The second kappa shape index (κ2) is 5.13. The SMILES string of the molecule is CC(C)(C)C1CCN(CCCCN)C1. The first-order valence-electron chi connectivity index (χ1n) is 5.96. The van der Waals surface area contributed by atoms with E-state index in [0.717, 1.165) is 12.5 Å². The summed E-state index contributed by atoms with van der Waals surface area (Å²) in [6.07, 6.45) is 3.83. The van der Waals surface area contributed by atoms with Crippen molar-refractivity contribution >= 4 is 0 Å². The van der Waals surface area contributed by atoms with Crippen molar-refractivity contribution < 1.29 is 0 Å². The zero-order chi connectivity index (χ0) is 10.6. The van der Waals surface area contributed by atoms with E-state index in [0.29, 0.717) is 5.41 Å². The van der Waals surface area contributed by atoms with Crippen molar-refractivity contribution in [3.05, 3.63) is 0 Å². The molecule has 1 saturated heterocycles. The van der Waals surface area contributed by atoms with Crippen LogP contribution in [0.3, 0.4) is 0 Å². The summed E-state index contributed by atoms with van der Waals surface area (Å²) >= 11 is 0. The highest BCUT2D eigenvalue weighted by molar-refractivity contribution is 4.83. The molecule has 1 aliphatic rings. The number of hydrogen-bond donors (Lipinski definition) is 1. The number of likely N-dealkylation sites (tertiary alicyclic amines) is 1. The van der Waals surface area contributed by atoms with Crippen molar-refractivity contribution in [1.82, 2.24) is 4.90 Å². The van der Waals surface area contributed by atoms with E-state index >= 15 is 0 Å². The van der Waals surface area contributed by atoms with Crippen LogP contribution in [0.15, 0.2) is 0 Å². The van der Waals surface area contributed by atoms with Gasteiger partial charge < -0.3 is 10.6 Å². The molecule has 1 unspecified atom stereocenters. The third-order valence-electron chi connectivity index (χ3n) is 3.43. The highest BCUT2D eigenvalue weighted by Gasteiger charge is 2.31. The van der Waals surface area contributed by atoms with Gasteiger partial charge in [-0.25, -0.2) is 0 Å². The summed E-state index contributed by atoms with van der Waals surface area (Å²) in [6, 6.07) is 0. The Kier molecular flexibility index (Phi) is 4.39. The van der Waals surface area contributed by atoms with Gasteiger partial charge in [0, 0.05) is 6.54 Å². The topological polar surface area (TPSA) is 29.3 Å². The Hall–Kier alpha value is -0.0800. The van der Waals surface area contributed by atoms with E-state index in [1.807, 2.05) is 0 Å². The fraction of sp³-hybridized carbons (Fsp3) is 1.00. The average Bonchev–Trinajstić information content (AvgIpc) is 2.52. The standard InChI is InChI=1S/C12H26N2/c1-12(2,3)11-6-9-14(10-11)8-5-4-7-13/h11H,4-10,13H2,1-3H3. The van der Waals surface area contributed by atoms with Gasteiger partial charge in [0.25, 0.3) is 0 Å². The van der Waals surface area contributed by atoms with Crippen LogP contribution in [0.1, 0.15) is 40.0 Å². The molecule has 0 amide bonds. The molecule has 0 bridgehead atoms. The summed E-state index contributed by atoms with van der Waals surface area (Å²) in [6.45, 7) is 11.8. The molecule has 1 rings (SSSR count). The van der Waals surface area contributed by atoms with Gasteiger partial charge in [0.05, 0.1) is 0 Å². The molecule has 1 heterocycles. The van der Waals surface area contributed by atoms with Gasteiger partial charge >= 0.3 is 0 Å². The molecule has 1 aliphatic heterocycles. The third kappa shape index (κ3) is 3.58. The van der Waals surface area contributed by atoms with Crippen molar-refractivity contribution in [1.29, 1.82) is 0 Å². The molecule has 1 fully saturated rings. The second-order valence-electron chi connectivity index (χ2n) is 5.65. The van der Waals surface area contributed by atoms with Gasteiger partial charge in [-0.1, -0.05) is 20.8 Å². The maximum absolute atomic E-state index is 5.49. The Morgan fingerprint density at radius 1 is 1.29 bits per heavy atom. The van der Waals surface area contributed by atoms with Gasteiger partial charge in [-0.3, -0.25) is 0 Å². The monoisotopic (exact) mass is 198 g/mol. The smallest absolute Gasteiger partial charge is 0.00151 e. The zero-order valence-corrected chi connectivity index (χ0v) is 10.1. The fourth-order valence-corrected chi connectivity index (χ4v) is 2.22. The van der Waals surface area contributed by atoms with Crippen LogP contribution in [0.4, 0.5) is 0 Å². The lowest BCUT2D eigenvalue weighted by atomic mass is 9.80. The highest BCUT2D eigenvalue weighted by atomic mass is 15.1. The summed E-state index contributed by atoms with van der Waals surface area (Å²) in [5.74, 6) is 0.889. The molecule has 0 spiro atoms. The largest absolute Gasteiger partial charge is 0.330 e. The molecule has 84 valence electrons. The first-order chi connectivity index (χ1) is 6.54. The van der Waals surface area contributed by atoms with Gasteiger partial charge in [-0.05, 0) is 50.2 Å². The van der Waals surface area contributed by atoms with Crippen LogP contribution in [-0.2, 0) is 0 Å². The van der Waals surface area contributed by atoms with Crippen molar-refractivity contribution in [2.75, 3.05) is 26.2 Å². The Morgan fingerprint density at radius 3 is 2.50 bits per heavy atom. The van der Waals surface area contributed by atoms with Gasteiger partial charge in [0.2, 0.25) is 0 Å². The van der Waals surface area contributed by atoms with Crippen LogP contribution >= 0.6 is 0 Å². The number of nitrogens with zero attached hydrogens (tertiary/aromatic N) is 1. The molecular formula is C12H26N2. The van der Waals surface area contributed by atoms with Crippen molar-refractivity contribution in [2.45, 2.75) is 40.0 Å². The van der Waals surface area contributed by atoms with E-state index in [4.69, 9.17) is 5.73 Å². The van der Waals surface area contributed by atoms with Crippen molar-refractivity contribution in [3.63, 3.8) is 0 Å².